The van der Waals surface area contributed by atoms with E-state index in [2.05, 4.69) is 23.3 Å². The van der Waals surface area contributed by atoms with E-state index in [0.29, 0.717) is 6.04 Å². The average Bonchev–Trinajstić information content (AvgIpc) is 2.75. The SMILES string of the molecule is CCNC(CC1CCCCCC1)c1cncc(OC)c1. The number of nitrogens with zero attached hydrogens (tertiary/aromatic N) is 1. The summed E-state index contributed by atoms with van der Waals surface area (Å²) in [6.07, 6.45) is 13.4. The average molecular weight is 276 g/mol. The number of ether oxygens (including phenoxy) is 1. The summed E-state index contributed by atoms with van der Waals surface area (Å²) in [7, 11) is 1.70. The smallest absolute Gasteiger partial charge is 0.137 e. The molecular formula is C17H28N2O. The highest BCUT2D eigenvalue weighted by atomic mass is 16.5. The van der Waals surface area contributed by atoms with Crippen molar-refractivity contribution in [3.63, 3.8) is 0 Å². The lowest BCUT2D eigenvalue weighted by Gasteiger charge is -2.24. The van der Waals surface area contributed by atoms with Gasteiger partial charge in [-0.15, -0.1) is 0 Å². The zero-order chi connectivity index (χ0) is 14.2. The van der Waals surface area contributed by atoms with Crippen LogP contribution in [0.4, 0.5) is 0 Å². The van der Waals surface area contributed by atoms with Gasteiger partial charge in [0, 0.05) is 12.2 Å². The monoisotopic (exact) mass is 276 g/mol. The van der Waals surface area contributed by atoms with E-state index in [1.165, 1.54) is 50.5 Å². The van der Waals surface area contributed by atoms with Crippen LogP contribution in [0.2, 0.25) is 0 Å². The number of rotatable bonds is 6. The Morgan fingerprint density at radius 1 is 1.25 bits per heavy atom. The fraction of sp³-hybridized carbons (Fsp3) is 0.706. The predicted molar refractivity (Wildman–Crippen MR) is 83.0 cm³/mol. The largest absolute Gasteiger partial charge is 0.495 e. The lowest BCUT2D eigenvalue weighted by atomic mass is 9.90. The van der Waals surface area contributed by atoms with Gasteiger partial charge in [-0.05, 0) is 30.5 Å². The van der Waals surface area contributed by atoms with Gasteiger partial charge in [0.25, 0.3) is 0 Å². The molecule has 112 valence electrons. The first-order valence-corrected chi connectivity index (χ1v) is 8.05. The van der Waals surface area contributed by atoms with E-state index in [9.17, 15) is 0 Å². The summed E-state index contributed by atoms with van der Waals surface area (Å²) >= 11 is 0. The van der Waals surface area contributed by atoms with Crippen molar-refractivity contribution in [2.75, 3.05) is 13.7 Å². The van der Waals surface area contributed by atoms with Gasteiger partial charge < -0.3 is 10.1 Å². The van der Waals surface area contributed by atoms with Crippen LogP contribution >= 0.6 is 0 Å². The van der Waals surface area contributed by atoms with Gasteiger partial charge in [-0.25, -0.2) is 0 Å². The van der Waals surface area contributed by atoms with Crippen LogP contribution in [-0.2, 0) is 0 Å². The lowest BCUT2D eigenvalue weighted by molar-refractivity contribution is 0.357. The second-order valence-electron chi connectivity index (χ2n) is 5.86. The number of hydrogen-bond acceptors (Lipinski definition) is 3. The third kappa shape index (κ3) is 4.48. The quantitative estimate of drug-likeness (QED) is 0.794. The Balaban J connectivity index is 2.04. The van der Waals surface area contributed by atoms with E-state index >= 15 is 0 Å². The molecule has 0 amide bonds. The molecule has 1 aromatic heterocycles. The number of nitrogens with one attached hydrogen (secondary N) is 1. The highest BCUT2D eigenvalue weighted by molar-refractivity contribution is 5.26. The second-order valence-corrected chi connectivity index (χ2v) is 5.86. The zero-order valence-corrected chi connectivity index (χ0v) is 12.9. The third-order valence-corrected chi connectivity index (χ3v) is 4.37. The molecule has 1 aliphatic rings. The summed E-state index contributed by atoms with van der Waals surface area (Å²) in [5.41, 5.74) is 1.26. The molecule has 1 N–H and O–H groups in total. The van der Waals surface area contributed by atoms with Crippen LogP contribution in [0.3, 0.4) is 0 Å². The lowest BCUT2D eigenvalue weighted by Crippen LogP contribution is -2.23. The summed E-state index contributed by atoms with van der Waals surface area (Å²) in [5.74, 6) is 1.71. The number of pyridine rings is 1. The fourth-order valence-electron chi connectivity index (χ4n) is 3.25. The molecule has 0 aliphatic heterocycles. The third-order valence-electron chi connectivity index (χ3n) is 4.37. The minimum absolute atomic E-state index is 0.408. The maximum atomic E-state index is 5.30. The van der Waals surface area contributed by atoms with Crippen molar-refractivity contribution in [2.45, 2.75) is 57.9 Å². The Morgan fingerprint density at radius 3 is 2.65 bits per heavy atom. The van der Waals surface area contributed by atoms with Crippen molar-refractivity contribution in [2.24, 2.45) is 5.92 Å². The van der Waals surface area contributed by atoms with Crippen LogP contribution in [0.5, 0.6) is 5.75 Å². The predicted octanol–water partition coefficient (Wildman–Crippen LogP) is 4.10. The standard InChI is InChI=1S/C17H28N2O/c1-3-19-17(10-14-8-6-4-5-7-9-14)15-11-16(20-2)13-18-12-15/h11-14,17,19H,3-10H2,1-2H3. The Bertz CT molecular complexity index is 386. The summed E-state index contributed by atoms with van der Waals surface area (Å²) in [6, 6.07) is 2.53. The van der Waals surface area contributed by atoms with Crippen molar-refractivity contribution >= 4 is 0 Å². The van der Waals surface area contributed by atoms with Crippen molar-refractivity contribution in [1.82, 2.24) is 10.3 Å². The van der Waals surface area contributed by atoms with Gasteiger partial charge in [-0.3, -0.25) is 4.98 Å². The number of methoxy groups -OCH3 is 1. The van der Waals surface area contributed by atoms with Crippen molar-refractivity contribution in [1.29, 1.82) is 0 Å². The van der Waals surface area contributed by atoms with E-state index in [1.807, 2.05) is 6.20 Å². The molecule has 20 heavy (non-hydrogen) atoms. The zero-order valence-electron chi connectivity index (χ0n) is 12.9. The Hall–Kier alpha value is -1.09. The van der Waals surface area contributed by atoms with Gasteiger partial charge in [0.2, 0.25) is 0 Å². The first-order valence-electron chi connectivity index (χ1n) is 8.05. The molecule has 1 saturated carbocycles. The summed E-state index contributed by atoms with van der Waals surface area (Å²) < 4.78 is 5.30. The molecule has 0 spiro atoms. The van der Waals surface area contributed by atoms with Crippen LogP contribution in [0.15, 0.2) is 18.5 Å². The fourth-order valence-corrected chi connectivity index (χ4v) is 3.25. The molecule has 2 rings (SSSR count). The molecule has 3 heteroatoms. The summed E-state index contributed by atoms with van der Waals surface area (Å²) in [4.78, 5) is 4.31. The minimum atomic E-state index is 0.408. The summed E-state index contributed by atoms with van der Waals surface area (Å²) in [5, 5.41) is 3.62. The van der Waals surface area contributed by atoms with Crippen LogP contribution in [0.25, 0.3) is 0 Å². The highest BCUT2D eigenvalue weighted by Gasteiger charge is 2.19. The molecule has 1 heterocycles. The molecule has 1 unspecified atom stereocenters. The van der Waals surface area contributed by atoms with Crippen LogP contribution < -0.4 is 10.1 Å². The minimum Gasteiger partial charge on any atom is -0.495 e. The Kier molecular flexibility index (Phi) is 6.31. The van der Waals surface area contributed by atoms with Gasteiger partial charge in [0.15, 0.2) is 0 Å². The maximum Gasteiger partial charge on any atom is 0.137 e. The molecule has 1 fully saturated rings. The van der Waals surface area contributed by atoms with E-state index in [4.69, 9.17) is 4.74 Å². The highest BCUT2D eigenvalue weighted by Crippen LogP contribution is 2.31. The van der Waals surface area contributed by atoms with Gasteiger partial charge in [-0.1, -0.05) is 45.4 Å². The van der Waals surface area contributed by atoms with E-state index < -0.39 is 0 Å². The number of hydrogen-bond donors (Lipinski definition) is 1. The van der Waals surface area contributed by atoms with E-state index in [0.717, 1.165) is 18.2 Å². The van der Waals surface area contributed by atoms with Crippen molar-refractivity contribution in [3.05, 3.63) is 24.0 Å². The van der Waals surface area contributed by atoms with Gasteiger partial charge in [-0.2, -0.15) is 0 Å². The topological polar surface area (TPSA) is 34.2 Å². The van der Waals surface area contributed by atoms with Crippen LogP contribution in [0, 0.1) is 5.92 Å². The normalized spacial score (nSPS) is 18.5. The van der Waals surface area contributed by atoms with E-state index in [1.54, 1.807) is 13.3 Å². The summed E-state index contributed by atoms with van der Waals surface area (Å²) in [6.45, 7) is 3.17. The first kappa shape index (κ1) is 15.3. The Morgan fingerprint density at radius 2 is 2.00 bits per heavy atom. The van der Waals surface area contributed by atoms with Crippen molar-refractivity contribution < 1.29 is 4.74 Å². The van der Waals surface area contributed by atoms with Gasteiger partial charge >= 0.3 is 0 Å². The molecule has 1 aromatic rings. The molecule has 1 aliphatic carbocycles. The molecule has 0 saturated heterocycles. The maximum absolute atomic E-state index is 5.30. The second kappa shape index (κ2) is 8.25. The molecule has 3 nitrogen and oxygen atoms in total. The van der Waals surface area contributed by atoms with Crippen molar-refractivity contribution in [3.8, 4) is 5.75 Å². The molecule has 0 bridgehead atoms. The van der Waals surface area contributed by atoms with Gasteiger partial charge in [0.05, 0.1) is 13.3 Å². The van der Waals surface area contributed by atoms with Crippen LogP contribution in [-0.4, -0.2) is 18.6 Å². The Labute approximate surface area is 123 Å². The van der Waals surface area contributed by atoms with Gasteiger partial charge in [0.1, 0.15) is 5.75 Å². The molecule has 0 aromatic carbocycles. The number of aromatic nitrogens is 1. The van der Waals surface area contributed by atoms with E-state index in [-0.39, 0.29) is 0 Å². The van der Waals surface area contributed by atoms with Crippen LogP contribution in [0.1, 0.15) is 63.5 Å². The molecule has 0 radical (unpaired) electrons. The molecular weight excluding hydrogens is 248 g/mol. The first-order chi connectivity index (χ1) is 9.83. The molecule has 1 atom stereocenters.